The largest absolute Gasteiger partial charge is 0.492 e. The summed E-state index contributed by atoms with van der Waals surface area (Å²) in [5, 5.41) is 0.638. The van der Waals surface area contributed by atoms with Crippen LogP contribution in [0.1, 0.15) is 18.9 Å². The van der Waals surface area contributed by atoms with Crippen molar-refractivity contribution in [3.05, 3.63) is 59.1 Å². The van der Waals surface area contributed by atoms with Crippen LogP contribution in [0.15, 0.2) is 48.5 Å². The van der Waals surface area contributed by atoms with Crippen molar-refractivity contribution in [2.45, 2.75) is 25.9 Å². The summed E-state index contributed by atoms with van der Waals surface area (Å²) >= 11 is 5.93. The maximum absolute atomic E-state index is 13.0. The van der Waals surface area contributed by atoms with Gasteiger partial charge in [0.1, 0.15) is 5.75 Å². The Balaban J connectivity index is 1.38. The average Bonchev–Trinajstić information content (AvgIpc) is 3.04. The number of imide groups is 1. The summed E-state index contributed by atoms with van der Waals surface area (Å²) in [6.45, 7) is 5.95. The van der Waals surface area contributed by atoms with Crippen molar-refractivity contribution in [3.8, 4) is 5.75 Å². The summed E-state index contributed by atoms with van der Waals surface area (Å²) in [7, 11) is 0. The van der Waals surface area contributed by atoms with Crippen LogP contribution in [-0.4, -0.2) is 60.4 Å². The van der Waals surface area contributed by atoms with Crippen molar-refractivity contribution < 1.29 is 14.3 Å². The van der Waals surface area contributed by atoms with Crippen LogP contribution in [0, 0.1) is 0 Å². The van der Waals surface area contributed by atoms with Gasteiger partial charge in [0, 0.05) is 31.2 Å². The Labute approximate surface area is 182 Å². The van der Waals surface area contributed by atoms with E-state index in [1.165, 1.54) is 4.90 Å². The lowest BCUT2D eigenvalue weighted by Crippen LogP contribution is -2.52. The number of hydrogen-bond donors (Lipinski definition) is 0. The molecule has 2 aliphatic heterocycles. The Morgan fingerprint density at radius 1 is 1.00 bits per heavy atom. The van der Waals surface area contributed by atoms with E-state index in [0.717, 1.165) is 43.2 Å². The van der Waals surface area contributed by atoms with Crippen LogP contribution in [0.4, 0.5) is 5.69 Å². The lowest BCUT2D eigenvalue weighted by atomic mass is 10.1. The minimum atomic E-state index is -0.367. The molecule has 0 unspecified atom stereocenters. The molecule has 0 aliphatic carbocycles. The van der Waals surface area contributed by atoms with Crippen molar-refractivity contribution >= 4 is 29.1 Å². The van der Waals surface area contributed by atoms with Crippen molar-refractivity contribution in [1.82, 2.24) is 9.80 Å². The van der Waals surface area contributed by atoms with Crippen LogP contribution in [0.2, 0.25) is 5.02 Å². The molecule has 2 fully saturated rings. The molecule has 2 aromatic carbocycles. The molecule has 1 atom stereocenters. The number of piperazine rings is 1. The number of rotatable bonds is 6. The van der Waals surface area contributed by atoms with Gasteiger partial charge in [0.25, 0.3) is 0 Å². The minimum Gasteiger partial charge on any atom is -0.492 e. The van der Waals surface area contributed by atoms with Crippen molar-refractivity contribution in [1.29, 1.82) is 0 Å². The lowest BCUT2D eigenvalue weighted by molar-refractivity contribution is -0.140. The molecule has 0 aromatic heterocycles. The fourth-order valence-electron chi connectivity index (χ4n) is 4.16. The van der Waals surface area contributed by atoms with E-state index in [0.29, 0.717) is 18.2 Å². The highest BCUT2D eigenvalue weighted by atomic mass is 35.5. The molecule has 2 aromatic rings. The number of ether oxygens (including phenoxy) is 1. The highest BCUT2D eigenvalue weighted by Crippen LogP contribution is 2.30. The smallest absolute Gasteiger partial charge is 0.247 e. The van der Waals surface area contributed by atoms with Crippen molar-refractivity contribution in [3.63, 3.8) is 0 Å². The lowest BCUT2D eigenvalue weighted by Gasteiger charge is -2.38. The number of para-hydroxylation sites is 2. The number of carbonyl (C=O) groups is 2. The molecule has 2 amide bonds. The van der Waals surface area contributed by atoms with E-state index in [4.69, 9.17) is 16.3 Å². The molecule has 0 spiro atoms. The van der Waals surface area contributed by atoms with E-state index < -0.39 is 0 Å². The Hall–Kier alpha value is -2.57. The van der Waals surface area contributed by atoms with E-state index in [9.17, 15) is 9.59 Å². The first kappa shape index (κ1) is 20.7. The monoisotopic (exact) mass is 427 g/mol. The van der Waals surface area contributed by atoms with Crippen LogP contribution in [0.3, 0.4) is 0 Å². The predicted octanol–water partition coefficient (Wildman–Crippen LogP) is 3.19. The van der Waals surface area contributed by atoms with Crippen LogP contribution in [0.25, 0.3) is 0 Å². The van der Waals surface area contributed by atoms with Gasteiger partial charge in [-0.1, -0.05) is 35.9 Å². The quantitative estimate of drug-likeness (QED) is 0.663. The van der Waals surface area contributed by atoms with Crippen LogP contribution < -0.4 is 9.64 Å². The Morgan fingerprint density at radius 3 is 2.40 bits per heavy atom. The summed E-state index contributed by atoms with van der Waals surface area (Å²) < 4.78 is 5.76. The maximum atomic E-state index is 13.0. The summed E-state index contributed by atoms with van der Waals surface area (Å²) in [4.78, 5) is 31.3. The number of carbonyl (C=O) groups excluding carboxylic acids is 2. The van der Waals surface area contributed by atoms with Gasteiger partial charge < -0.3 is 9.64 Å². The third-order valence-electron chi connectivity index (χ3n) is 5.73. The fraction of sp³-hybridized carbons (Fsp3) is 0.391. The molecule has 0 saturated carbocycles. The minimum absolute atomic E-state index is 0.0990. The van der Waals surface area contributed by atoms with E-state index in [2.05, 4.69) is 15.9 Å². The maximum Gasteiger partial charge on any atom is 0.247 e. The number of anilines is 1. The molecule has 0 radical (unpaired) electrons. The second-order valence-electron chi connectivity index (χ2n) is 7.59. The Kier molecular flexibility index (Phi) is 6.25. The second kappa shape index (κ2) is 9.06. The van der Waals surface area contributed by atoms with Crippen LogP contribution in [-0.2, 0) is 16.1 Å². The van der Waals surface area contributed by atoms with E-state index >= 15 is 0 Å². The summed E-state index contributed by atoms with van der Waals surface area (Å²) in [5.74, 6) is 0.678. The molecule has 7 heteroatoms. The molecular formula is C23H26ClN3O3. The predicted molar refractivity (Wildman–Crippen MR) is 117 cm³/mol. The van der Waals surface area contributed by atoms with Crippen LogP contribution in [0.5, 0.6) is 5.75 Å². The van der Waals surface area contributed by atoms with Gasteiger partial charge in [0.15, 0.2) is 0 Å². The number of nitrogens with zero attached hydrogens (tertiary/aromatic N) is 3. The van der Waals surface area contributed by atoms with Gasteiger partial charge in [0.05, 0.1) is 31.3 Å². The van der Waals surface area contributed by atoms with Crippen molar-refractivity contribution in [2.24, 2.45) is 0 Å². The van der Waals surface area contributed by atoms with Gasteiger partial charge in [-0.3, -0.25) is 19.4 Å². The third-order valence-corrected chi connectivity index (χ3v) is 5.99. The standard InChI is InChI=1S/C23H26ClN3O3/c1-2-30-21-6-4-3-5-19(21)25-11-13-26(14-12-25)20-15-22(28)27(23(20)29)16-17-7-9-18(24)10-8-17/h3-10,20H,2,11-16H2,1H3/t20-/m0/s1. The molecule has 2 aliphatic rings. The molecule has 30 heavy (non-hydrogen) atoms. The first-order chi connectivity index (χ1) is 14.6. The second-order valence-corrected chi connectivity index (χ2v) is 8.02. The van der Waals surface area contributed by atoms with E-state index in [-0.39, 0.29) is 24.3 Å². The zero-order valence-electron chi connectivity index (χ0n) is 17.1. The molecule has 4 rings (SSSR count). The number of likely N-dealkylation sites (tertiary alicyclic amines) is 1. The number of halogens is 1. The summed E-state index contributed by atoms with van der Waals surface area (Å²) in [5.41, 5.74) is 1.98. The first-order valence-electron chi connectivity index (χ1n) is 10.4. The van der Waals surface area contributed by atoms with E-state index in [1.54, 1.807) is 12.1 Å². The zero-order valence-corrected chi connectivity index (χ0v) is 17.8. The van der Waals surface area contributed by atoms with Gasteiger partial charge >= 0.3 is 0 Å². The normalized spacial score (nSPS) is 20.1. The number of amides is 2. The topological polar surface area (TPSA) is 53.1 Å². The van der Waals surface area contributed by atoms with Crippen molar-refractivity contribution in [2.75, 3.05) is 37.7 Å². The van der Waals surface area contributed by atoms with Gasteiger partial charge in [-0.2, -0.15) is 0 Å². The molecule has 2 saturated heterocycles. The van der Waals surface area contributed by atoms with Gasteiger partial charge in [0.2, 0.25) is 11.8 Å². The zero-order chi connectivity index (χ0) is 21.1. The summed E-state index contributed by atoms with van der Waals surface area (Å²) in [6, 6.07) is 14.9. The Bertz CT molecular complexity index is 910. The van der Waals surface area contributed by atoms with Gasteiger partial charge in [-0.25, -0.2) is 0 Å². The molecule has 0 N–H and O–H groups in total. The molecule has 0 bridgehead atoms. The van der Waals surface area contributed by atoms with Gasteiger partial charge in [-0.15, -0.1) is 0 Å². The molecule has 6 nitrogen and oxygen atoms in total. The van der Waals surface area contributed by atoms with E-state index in [1.807, 2.05) is 37.3 Å². The average molecular weight is 428 g/mol. The first-order valence-corrected chi connectivity index (χ1v) is 10.7. The van der Waals surface area contributed by atoms with Gasteiger partial charge in [-0.05, 0) is 36.8 Å². The number of hydrogen-bond acceptors (Lipinski definition) is 5. The third kappa shape index (κ3) is 4.30. The number of benzene rings is 2. The van der Waals surface area contributed by atoms with Crippen LogP contribution >= 0.6 is 11.6 Å². The summed E-state index contributed by atoms with van der Waals surface area (Å²) in [6.07, 6.45) is 0.252. The highest BCUT2D eigenvalue weighted by molar-refractivity contribution is 6.30. The Morgan fingerprint density at radius 2 is 1.70 bits per heavy atom. The molecule has 158 valence electrons. The molecule has 2 heterocycles. The molecular weight excluding hydrogens is 402 g/mol. The highest BCUT2D eigenvalue weighted by Gasteiger charge is 2.42. The SMILES string of the molecule is CCOc1ccccc1N1CCN([C@H]2CC(=O)N(Cc3ccc(Cl)cc3)C2=O)CC1. The fourth-order valence-corrected chi connectivity index (χ4v) is 4.29.